The van der Waals surface area contributed by atoms with Crippen molar-refractivity contribution in [1.29, 1.82) is 0 Å². The number of pyridine rings is 1. The second-order valence-electron chi connectivity index (χ2n) is 7.38. The molecule has 0 atom stereocenters. The van der Waals surface area contributed by atoms with E-state index in [4.69, 9.17) is 4.98 Å². The van der Waals surface area contributed by atoms with Gasteiger partial charge in [0.15, 0.2) is 5.65 Å². The Morgan fingerprint density at radius 1 is 1.19 bits per heavy atom. The lowest BCUT2D eigenvalue weighted by atomic mass is 9.97. The van der Waals surface area contributed by atoms with E-state index in [0.29, 0.717) is 11.2 Å². The molecule has 2 aliphatic carbocycles. The number of aryl methyl sites for hydroxylation is 2. The summed E-state index contributed by atoms with van der Waals surface area (Å²) in [5, 5.41) is 3.87. The maximum absolute atomic E-state index is 13.1. The summed E-state index contributed by atoms with van der Waals surface area (Å²) in [5.74, 6) is -0.123. The highest BCUT2D eigenvalue weighted by atomic mass is 32.1. The van der Waals surface area contributed by atoms with E-state index in [2.05, 4.69) is 5.32 Å². The molecule has 0 bridgehead atoms. The number of aromatic nitrogens is 2. The van der Waals surface area contributed by atoms with Crippen LogP contribution >= 0.6 is 11.3 Å². The summed E-state index contributed by atoms with van der Waals surface area (Å²) < 4.78 is 1.55. The summed E-state index contributed by atoms with van der Waals surface area (Å²) in [7, 11) is 0. The molecule has 0 radical (unpaired) electrons. The SMILES string of the molecule is O=C(NC1CCCC1)c1cccn2c(=O)c3c4c(sc3nc12)CCCC4. The molecule has 1 amide bonds. The minimum atomic E-state index is -0.123. The minimum absolute atomic E-state index is 0.0417. The Balaban J connectivity index is 1.67. The van der Waals surface area contributed by atoms with Gasteiger partial charge in [-0.3, -0.25) is 14.0 Å². The number of amides is 1. The molecule has 0 aromatic carbocycles. The molecular weight excluding hydrogens is 346 g/mol. The summed E-state index contributed by atoms with van der Waals surface area (Å²) in [6, 6.07) is 3.78. The Kier molecular flexibility index (Phi) is 3.81. The number of carbonyl (C=O) groups excluding carboxylic acids is 1. The van der Waals surface area contributed by atoms with Crippen molar-refractivity contribution in [3.05, 3.63) is 44.7 Å². The predicted molar refractivity (Wildman–Crippen MR) is 103 cm³/mol. The molecule has 3 aromatic heterocycles. The Morgan fingerprint density at radius 2 is 2.00 bits per heavy atom. The average molecular weight is 367 g/mol. The molecule has 3 heterocycles. The van der Waals surface area contributed by atoms with Gasteiger partial charge in [-0.1, -0.05) is 12.8 Å². The Morgan fingerprint density at radius 3 is 2.85 bits per heavy atom. The van der Waals surface area contributed by atoms with Gasteiger partial charge in [-0.25, -0.2) is 4.98 Å². The van der Waals surface area contributed by atoms with E-state index >= 15 is 0 Å². The quantitative estimate of drug-likeness (QED) is 0.754. The highest BCUT2D eigenvalue weighted by Crippen LogP contribution is 2.34. The van der Waals surface area contributed by atoms with Crippen molar-refractivity contribution >= 4 is 33.1 Å². The molecule has 5 rings (SSSR count). The van der Waals surface area contributed by atoms with Gasteiger partial charge in [0.1, 0.15) is 4.83 Å². The zero-order chi connectivity index (χ0) is 17.7. The number of carbonyl (C=O) groups is 1. The van der Waals surface area contributed by atoms with Crippen LogP contribution in [0.3, 0.4) is 0 Å². The van der Waals surface area contributed by atoms with Crippen molar-refractivity contribution in [2.24, 2.45) is 0 Å². The van der Waals surface area contributed by atoms with Gasteiger partial charge in [0.05, 0.1) is 10.9 Å². The summed E-state index contributed by atoms with van der Waals surface area (Å²) in [6.07, 6.45) is 10.4. The third kappa shape index (κ3) is 2.47. The van der Waals surface area contributed by atoms with Crippen LogP contribution in [0.2, 0.25) is 0 Å². The predicted octanol–water partition coefficient (Wildman–Crippen LogP) is 3.46. The van der Waals surface area contributed by atoms with E-state index < -0.39 is 0 Å². The molecule has 0 unspecified atom stereocenters. The van der Waals surface area contributed by atoms with Crippen molar-refractivity contribution in [3.63, 3.8) is 0 Å². The molecule has 2 aliphatic rings. The molecule has 1 saturated carbocycles. The van der Waals surface area contributed by atoms with Gasteiger partial charge >= 0.3 is 0 Å². The molecule has 0 aliphatic heterocycles. The van der Waals surface area contributed by atoms with Crippen LogP contribution in [0.25, 0.3) is 15.9 Å². The highest BCUT2D eigenvalue weighted by Gasteiger charge is 2.23. The maximum atomic E-state index is 13.1. The fraction of sp³-hybridized carbons (Fsp3) is 0.450. The Hall–Kier alpha value is -2.21. The van der Waals surface area contributed by atoms with Crippen molar-refractivity contribution in [3.8, 4) is 0 Å². The first-order valence-corrected chi connectivity index (χ1v) is 10.3. The second-order valence-corrected chi connectivity index (χ2v) is 8.46. The average Bonchev–Trinajstić information content (AvgIpc) is 3.28. The number of fused-ring (bicyclic) bond motifs is 4. The van der Waals surface area contributed by atoms with E-state index in [1.54, 1.807) is 34.1 Å². The number of hydrogen-bond donors (Lipinski definition) is 1. The first-order valence-electron chi connectivity index (χ1n) is 9.49. The monoisotopic (exact) mass is 367 g/mol. The molecule has 134 valence electrons. The summed E-state index contributed by atoms with van der Waals surface area (Å²) in [6.45, 7) is 0. The number of thiophene rings is 1. The Bertz CT molecular complexity index is 1080. The zero-order valence-electron chi connectivity index (χ0n) is 14.6. The summed E-state index contributed by atoms with van der Waals surface area (Å²) in [4.78, 5) is 32.8. The van der Waals surface area contributed by atoms with Crippen LogP contribution in [-0.4, -0.2) is 21.3 Å². The molecule has 3 aromatic rings. The van der Waals surface area contributed by atoms with Gasteiger partial charge < -0.3 is 5.32 Å². The van der Waals surface area contributed by atoms with Crippen LogP contribution in [0.4, 0.5) is 0 Å². The molecule has 5 nitrogen and oxygen atoms in total. The lowest BCUT2D eigenvalue weighted by Gasteiger charge is -2.13. The molecule has 6 heteroatoms. The smallest absolute Gasteiger partial charge is 0.266 e. The van der Waals surface area contributed by atoms with Crippen molar-refractivity contribution < 1.29 is 4.79 Å². The first-order chi connectivity index (χ1) is 12.7. The van der Waals surface area contributed by atoms with Crippen LogP contribution < -0.4 is 10.9 Å². The van der Waals surface area contributed by atoms with E-state index in [-0.39, 0.29) is 17.5 Å². The van der Waals surface area contributed by atoms with Gasteiger partial charge in [-0.05, 0) is 56.2 Å². The van der Waals surface area contributed by atoms with Crippen molar-refractivity contribution in [2.45, 2.75) is 57.4 Å². The van der Waals surface area contributed by atoms with Gasteiger partial charge in [-0.15, -0.1) is 11.3 Å². The van der Waals surface area contributed by atoms with Crippen LogP contribution in [0, 0.1) is 0 Å². The third-order valence-electron chi connectivity index (χ3n) is 5.69. The van der Waals surface area contributed by atoms with Gasteiger partial charge in [0.25, 0.3) is 11.5 Å². The molecule has 1 N–H and O–H groups in total. The number of hydrogen-bond acceptors (Lipinski definition) is 4. The van der Waals surface area contributed by atoms with Crippen molar-refractivity contribution in [2.75, 3.05) is 0 Å². The van der Waals surface area contributed by atoms with E-state index in [1.807, 2.05) is 0 Å². The van der Waals surface area contributed by atoms with E-state index in [9.17, 15) is 9.59 Å². The second kappa shape index (κ2) is 6.20. The van der Waals surface area contributed by atoms with Crippen LogP contribution in [0.15, 0.2) is 23.1 Å². The first kappa shape index (κ1) is 16.0. The van der Waals surface area contributed by atoms with Gasteiger partial charge in [0, 0.05) is 17.1 Å². The maximum Gasteiger partial charge on any atom is 0.266 e. The zero-order valence-corrected chi connectivity index (χ0v) is 15.4. The lowest BCUT2D eigenvalue weighted by molar-refractivity contribution is 0.0939. The summed E-state index contributed by atoms with van der Waals surface area (Å²) >= 11 is 1.63. The third-order valence-corrected chi connectivity index (χ3v) is 6.88. The van der Waals surface area contributed by atoms with Gasteiger partial charge in [0.2, 0.25) is 0 Å². The highest BCUT2D eigenvalue weighted by molar-refractivity contribution is 7.18. The van der Waals surface area contributed by atoms with Crippen LogP contribution in [0.5, 0.6) is 0 Å². The largest absolute Gasteiger partial charge is 0.349 e. The van der Waals surface area contributed by atoms with Crippen LogP contribution in [-0.2, 0) is 12.8 Å². The molecule has 0 spiro atoms. The number of nitrogens with zero attached hydrogens (tertiary/aromatic N) is 2. The van der Waals surface area contributed by atoms with E-state index in [0.717, 1.165) is 42.3 Å². The minimum Gasteiger partial charge on any atom is -0.349 e. The van der Waals surface area contributed by atoms with Crippen LogP contribution in [0.1, 0.15) is 59.3 Å². The standard InChI is InChI=1S/C20H21N3O2S/c24-18(21-12-6-1-2-7-12)14-9-5-11-23-17(14)22-19-16(20(23)25)13-8-3-4-10-15(13)26-19/h5,9,11-12H,1-4,6-8,10H2,(H,21,24). The normalized spacial score (nSPS) is 17.7. The topological polar surface area (TPSA) is 63.5 Å². The van der Waals surface area contributed by atoms with Crippen molar-refractivity contribution in [1.82, 2.24) is 14.7 Å². The fourth-order valence-corrected chi connectivity index (χ4v) is 5.61. The summed E-state index contributed by atoms with van der Waals surface area (Å²) in [5.41, 5.74) is 2.10. The van der Waals surface area contributed by atoms with Gasteiger partial charge in [-0.2, -0.15) is 0 Å². The lowest BCUT2D eigenvalue weighted by Crippen LogP contribution is -2.33. The van der Waals surface area contributed by atoms with E-state index in [1.165, 1.54) is 29.7 Å². The number of nitrogens with one attached hydrogen (secondary N) is 1. The number of rotatable bonds is 2. The molecular formula is C20H21N3O2S. The fourth-order valence-electron chi connectivity index (χ4n) is 4.36. The molecule has 1 fully saturated rings. The molecule has 26 heavy (non-hydrogen) atoms. The Labute approximate surface area is 155 Å². The molecule has 0 saturated heterocycles.